The van der Waals surface area contributed by atoms with Crippen molar-refractivity contribution < 1.29 is 4.79 Å². The lowest BCUT2D eigenvalue weighted by Crippen LogP contribution is -2.34. The van der Waals surface area contributed by atoms with Crippen LogP contribution in [-0.4, -0.2) is 26.0 Å². The third-order valence-electron chi connectivity index (χ3n) is 5.08. The van der Waals surface area contributed by atoms with Gasteiger partial charge >= 0.3 is 0 Å². The van der Waals surface area contributed by atoms with Crippen molar-refractivity contribution in [3.8, 4) is 5.69 Å². The van der Waals surface area contributed by atoms with Crippen LogP contribution >= 0.6 is 23.8 Å². The van der Waals surface area contributed by atoms with E-state index >= 15 is 0 Å². The molecule has 0 fully saturated rings. The first-order valence-corrected chi connectivity index (χ1v) is 10.9. The van der Waals surface area contributed by atoms with E-state index in [1.165, 1.54) is 5.56 Å². The number of aromatic nitrogens is 3. The maximum Gasteiger partial charge on any atom is 0.257 e. The summed E-state index contributed by atoms with van der Waals surface area (Å²) in [6, 6.07) is 18.7. The zero-order chi connectivity index (χ0) is 22.8. The molecule has 1 heterocycles. The molecule has 8 heteroatoms. The van der Waals surface area contributed by atoms with E-state index in [0.29, 0.717) is 16.5 Å². The SMILES string of the molecule is Cc1cc2nn(-c3ccc(C(C)C)cc3)nc2cc1NC(=S)NC(=O)c1cccc(Cl)c1. The Morgan fingerprint density at radius 3 is 2.38 bits per heavy atom. The second-order valence-corrected chi connectivity index (χ2v) is 8.65. The van der Waals surface area contributed by atoms with E-state index in [1.54, 1.807) is 29.1 Å². The number of anilines is 1. The largest absolute Gasteiger partial charge is 0.332 e. The minimum absolute atomic E-state index is 0.189. The Kier molecular flexibility index (Phi) is 6.21. The maximum absolute atomic E-state index is 12.4. The van der Waals surface area contributed by atoms with E-state index in [9.17, 15) is 4.79 Å². The summed E-state index contributed by atoms with van der Waals surface area (Å²) in [5, 5.41) is 15.6. The monoisotopic (exact) mass is 463 g/mol. The molecule has 4 aromatic rings. The highest BCUT2D eigenvalue weighted by Gasteiger charge is 2.12. The molecule has 1 amide bonds. The smallest absolute Gasteiger partial charge is 0.257 e. The number of fused-ring (bicyclic) bond motifs is 1. The van der Waals surface area contributed by atoms with Crippen LogP contribution in [0.2, 0.25) is 5.02 Å². The zero-order valence-electron chi connectivity index (χ0n) is 17.9. The molecular weight excluding hydrogens is 442 g/mol. The van der Waals surface area contributed by atoms with Gasteiger partial charge in [-0.3, -0.25) is 10.1 Å². The normalized spacial score (nSPS) is 11.0. The first kappa shape index (κ1) is 21.9. The molecule has 32 heavy (non-hydrogen) atoms. The average Bonchev–Trinajstić information content (AvgIpc) is 3.16. The Bertz CT molecular complexity index is 1310. The van der Waals surface area contributed by atoms with Crippen molar-refractivity contribution in [1.29, 1.82) is 0 Å². The van der Waals surface area contributed by atoms with E-state index in [-0.39, 0.29) is 11.0 Å². The molecule has 4 rings (SSSR count). The Hall–Kier alpha value is -3.29. The van der Waals surface area contributed by atoms with Crippen LogP contribution in [0.4, 0.5) is 5.69 Å². The topological polar surface area (TPSA) is 71.8 Å². The number of amides is 1. The van der Waals surface area contributed by atoms with Gasteiger partial charge in [-0.05, 0) is 78.7 Å². The van der Waals surface area contributed by atoms with Gasteiger partial charge in [0.2, 0.25) is 0 Å². The van der Waals surface area contributed by atoms with Gasteiger partial charge in [0.05, 0.1) is 5.69 Å². The third kappa shape index (κ3) is 4.79. The number of halogens is 1. The molecule has 0 spiro atoms. The summed E-state index contributed by atoms with van der Waals surface area (Å²) in [6.07, 6.45) is 0. The molecule has 1 aromatic heterocycles. The molecule has 0 aliphatic heterocycles. The minimum Gasteiger partial charge on any atom is -0.332 e. The Morgan fingerprint density at radius 1 is 1.03 bits per heavy atom. The molecular formula is C24H22ClN5OS. The van der Waals surface area contributed by atoms with E-state index in [0.717, 1.165) is 28.0 Å². The van der Waals surface area contributed by atoms with Gasteiger partial charge in [-0.25, -0.2) is 0 Å². The minimum atomic E-state index is -0.334. The fourth-order valence-corrected chi connectivity index (χ4v) is 3.66. The number of carbonyl (C=O) groups is 1. The van der Waals surface area contributed by atoms with Crippen LogP contribution in [-0.2, 0) is 0 Å². The molecule has 0 radical (unpaired) electrons. The summed E-state index contributed by atoms with van der Waals surface area (Å²) in [5.41, 5.74) is 5.75. The molecule has 0 aliphatic rings. The lowest BCUT2D eigenvalue weighted by Gasteiger charge is -2.11. The van der Waals surface area contributed by atoms with Crippen LogP contribution in [0.1, 0.15) is 41.3 Å². The summed E-state index contributed by atoms with van der Waals surface area (Å²) in [5.74, 6) is 0.132. The van der Waals surface area contributed by atoms with Gasteiger partial charge in [0.25, 0.3) is 5.91 Å². The number of aryl methyl sites for hydroxylation is 1. The first-order valence-electron chi connectivity index (χ1n) is 10.2. The number of nitrogens with zero attached hydrogens (tertiary/aromatic N) is 3. The van der Waals surface area contributed by atoms with Crippen molar-refractivity contribution in [1.82, 2.24) is 20.3 Å². The highest BCUT2D eigenvalue weighted by Crippen LogP contribution is 2.23. The number of carbonyl (C=O) groups excluding carboxylic acids is 1. The Balaban J connectivity index is 1.52. The van der Waals surface area contributed by atoms with Crippen molar-refractivity contribution in [2.24, 2.45) is 0 Å². The van der Waals surface area contributed by atoms with Gasteiger partial charge < -0.3 is 5.32 Å². The summed E-state index contributed by atoms with van der Waals surface area (Å²) in [6.45, 7) is 6.27. The standard InChI is InChI=1S/C24H22ClN5OS/c1-14(2)16-7-9-19(10-8-16)30-28-21-11-15(3)20(13-22(21)29-30)26-24(32)27-23(31)17-5-4-6-18(25)12-17/h4-14H,1-3H3,(H2,26,27,31,32). The number of hydrogen-bond acceptors (Lipinski definition) is 4. The molecule has 0 unspecified atom stereocenters. The van der Waals surface area contributed by atoms with Crippen LogP contribution in [0.5, 0.6) is 0 Å². The van der Waals surface area contributed by atoms with E-state index in [1.807, 2.05) is 31.2 Å². The van der Waals surface area contributed by atoms with Gasteiger partial charge in [-0.15, -0.1) is 10.2 Å². The van der Waals surface area contributed by atoms with Crippen LogP contribution in [0.25, 0.3) is 16.7 Å². The molecule has 0 bridgehead atoms. The second kappa shape index (κ2) is 9.06. The lowest BCUT2D eigenvalue weighted by molar-refractivity contribution is 0.0977. The highest BCUT2D eigenvalue weighted by molar-refractivity contribution is 7.80. The fourth-order valence-electron chi connectivity index (χ4n) is 3.27. The summed E-state index contributed by atoms with van der Waals surface area (Å²) in [4.78, 5) is 14.0. The molecule has 3 aromatic carbocycles. The van der Waals surface area contributed by atoms with Gasteiger partial charge in [0.1, 0.15) is 11.0 Å². The van der Waals surface area contributed by atoms with Crippen molar-refractivity contribution >= 4 is 51.6 Å². The molecule has 6 nitrogen and oxygen atoms in total. The Labute approximate surface area is 196 Å². The molecule has 0 atom stereocenters. The summed E-state index contributed by atoms with van der Waals surface area (Å²) >= 11 is 11.3. The Morgan fingerprint density at radius 2 is 1.72 bits per heavy atom. The van der Waals surface area contributed by atoms with Gasteiger partial charge in [-0.2, -0.15) is 4.80 Å². The van der Waals surface area contributed by atoms with E-state index < -0.39 is 0 Å². The van der Waals surface area contributed by atoms with Crippen LogP contribution in [0.15, 0.2) is 60.7 Å². The number of hydrogen-bond donors (Lipinski definition) is 2. The van der Waals surface area contributed by atoms with Crippen molar-refractivity contribution in [2.45, 2.75) is 26.7 Å². The van der Waals surface area contributed by atoms with E-state index in [2.05, 4.69) is 46.8 Å². The zero-order valence-corrected chi connectivity index (χ0v) is 19.5. The van der Waals surface area contributed by atoms with Crippen LogP contribution < -0.4 is 10.6 Å². The van der Waals surface area contributed by atoms with E-state index in [4.69, 9.17) is 23.8 Å². The quantitative estimate of drug-likeness (QED) is 0.383. The first-order chi connectivity index (χ1) is 15.3. The third-order valence-corrected chi connectivity index (χ3v) is 5.52. The van der Waals surface area contributed by atoms with Gasteiger partial charge in [-0.1, -0.05) is 43.6 Å². The molecule has 0 aliphatic carbocycles. The van der Waals surface area contributed by atoms with Gasteiger partial charge in [0.15, 0.2) is 5.11 Å². The van der Waals surface area contributed by atoms with Crippen molar-refractivity contribution in [3.05, 3.63) is 82.4 Å². The predicted octanol–water partition coefficient (Wildman–Crippen LogP) is 5.63. The van der Waals surface area contributed by atoms with Crippen LogP contribution in [0, 0.1) is 6.92 Å². The second-order valence-electron chi connectivity index (χ2n) is 7.81. The van der Waals surface area contributed by atoms with Crippen molar-refractivity contribution in [3.63, 3.8) is 0 Å². The highest BCUT2D eigenvalue weighted by atomic mass is 35.5. The van der Waals surface area contributed by atoms with Gasteiger partial charge in [0, 0.05) is 16.3 Å². The average molecular weight is 464 g/mol. The molecule has 2 N–H and O–H groups in total. The summed E-state index contributed by atoms with van der Waals surface area (Å²) in [7, 11) is 0. The number of benzene rings is 3. The lowest BCUT2D eigenvalue weighted by atomic mass is 10.0. The molecule has 0 saturated carbocycles. The molecule has 0 saturated heterocycles. The van der Waals surface area contributed by atoms with Crippen LogP contribution in [0.3, 0.4) is 0 Å². The van der Waals surface area contributed by atoms with Crippen molar-refractivity contribution in [2.75, 3.05) is 5.32 Å². The maximum atomic E-state index is 12.4. The number of nitrogens with one attached hydrogen (secondary N) is 2. The summed E-state index contributed by atoms with van der Waals surface area (Å²) < 4.78 is 0. The molecule has 162 valence electrons. The fraction of sp³-hybridized carbons (Fsp3) is 0.167. The predicted molar refractivity (Wildman–Crippen MR) is 133 cm³/mol. The number of thiocarbonyl (C=S) groups is 1. The number of rotatable bonds is 4.